The van der Waals surface area contributed by atoms with Gasteiger partial charge in [0, 0.05) is 24.8 Å². The topological polar surface area (TPSA) is 76.6 Å². The van der Waals surface area contributed by atoms with Crippen LogP contribution in [0.4, 0.5) is 0 Å². The Kier molecular flexibility index (Phi) is 3.73. The molecule has 0 radical (unpaired) electrons. The van der Waals surface area contributed by atoms with Gasteiger partial charge in [0.15, 0.2) is 6.29 Å². The van der Waals surface area contributed by atoms with Gasteiger partial charge >= 0.3 is 0 Å². The first-order valence-electron chi connectivity index (χ1n) is 6.23. The maximum Gasteiger partial charge on any atom is 0.270 e. The van der Waals surface area contributed by atoms with E-state index in [0.29, 0.717) is 43.6 Å². The van der Waals surface area contributed by atoms with Crippen molar-refractivity contribution in [3.05, 3.63) is 23.5 Å². The summed E-state index contributed by atoms with van der Waals surface area (Å²) in [5.41, 5.74) is -0.0125. The van der Waals surface area contributed by atoms with Gasteiger partial charge in [0.05, 0.1) is 12.1 Å². The monoisotopic (exact) mass is 265 g/mol. The van der Waals surface area contributed by atoms with Gasteiger partial charge in [0.25, 0.3) is 5.91 Å². The van der Waals surface area contributed by atoms with Gasteiger partial charge in [-0.25, -0.2) is 0 Å². The van der Waals surface area contributed by atoms with Crippen LogP contribution in [-0.4, -0.2) is 71.4 Å². The molecule has 1 amide bonds. The number of likely N-dealkylation sites (N-methyl/N-ethyl adjacent to an activating group) is 1. The zero-order valence-electron chi connectivity index (χ0n) is 11.2. The Morgan fingerprint density at radius 3 is 2.95 bits per heavy atom. The quantitative estimate of drug-likeness (QED) is 0.749. The molecule has 0 aromatic carbocycles. The van der Waals surface area contributed by atoms with Gasteiger partial charge in [-0.2, -0.15) is 0 Å². The number of nitrogens with zero attached hydrogens (tertiary/aromatic N) is 2. The van der Waals surface area contributed by atoms with E-state index in [4.69, 9.17) is 0 Å². The summed E-state index contributed by atoms with van der Waals surface area (Å²) in [4.78, 5) is 29.1. The van der Waals surface area contributed by atoms with Crippen LogP contribution in [0.15, 0.2) is 12.3 Å². The fraction of sp³-hybridized carbons (Fsp3) is 0.538. The van der Waals surface area contributed by atoms with E-state index >= 15 is 0 Å². The van der Waals surface area contributed by atoms with Crippen molar-refractivity contribution in [2.45, 2.75) is 12.0 Å². The van der Waals surface area contributed by atoms with Gasteiger partial charge in [-0.3, -0.25) is 9.59 Å². The second kappa shape index (κ2) is 5.14. The third kappa shape index (κ3) is 3.02. The van der Waals surface area contributed by atoms with E-state index in [-0.39, 0.29) is 5.91 Å². The van der Waals surface area contributed by atoms with E-state index < -0.39 is 5.60 Å². The second-order valence-corrected chi connectivity index (χ2v) is 5.40. The van der Waals surface area contributed by atoms with Gasteiger partial charge in [0.1, 0.15) is 5.69 Å². The Labute approximate surface area is 112 Å². The SMILES string of the molecule is CN(C)C[C@@]1(O)CCN(C(=O)c2cc(C=O)c[nH]2)C1. The summed E-state index contributed by atoms with van der Waals surface area (Å²) >= 11 is 0. The molecule has 19 heavy (non-hydrogen) atoms. The minimum Gasteiger partial charge on any atom is -0.387 e. The first-order valence-corrected chi connectivity index (χ1v) is 6.23. The number of aromatic nitrogens is 1. The molecule has 104 valence electrons. The average molecular weight is 265 g/mol. The van der Waals surface area contributed by atoms with E-state index in [1.54, 1.807) is 4.90 Å². The van der Waals surface area contributed by atoms with Crippen molar-refractivity contribution in [3.8, 4) is 0 Å². The lowest BCUT2D eigenvalue weighted by Crippen LogP contribution is -2.43. The number of amides is 1. The largest absolute Gasteiger partial charge is 0.387 e. The highest BCUT2D eigenvalue weighted by molar-refractivity contribution is 5.94. The summed E-state index contributed by atoms with van der Waals surface area (Å²) in [6.07, 6.45) is 2.76. The number of carbonyl (C=O) groups excluding carboxylic acids is 2. The molecule has 1 aromatic rings. The van der Waals surface area contributed by atoms with Crippen LogP contribution in [0.5, 0.6) is 0 Å². The van der Waals surface area contributed by atoms with Crippen LogP contribution in [0.3, 0.4) is 0 Å². The van der Waals surface area contributed by atoms with Crippen LogP contribution < -0.4 is 0 Å². The molecular formula is C13H19N3O3. The lowest BCUT2D eigenvalue weighted by Gasteiger charge is -2.26. The summed E-state index contributed by atoms with van der Waals surface area (Å²) in [6, 6.07) is 1.53. The molecule has 0 saturated carbocycles. The molecule has 2 rings (SSSR count). The molecule has 1 aliphatic rings. The van der Waals surface area contributed by atoms with Gasteiger partial charge in [-0.05, 0) is 26.6 Å². The maximum atomic E-state index is 12.2. The molecule has 0 spiro atoms. The third-order valence-electron chi connectivity index (χ3n) is 3.30. The van der Waals surface area contributed by atoms with Crippen molar-refractivity contribution in [2.24, 2.45) is 0 Å². The molecule has 1 fully saturated rings. The van der Waals surface area contributed by atoms with Crippen molar-refractivity contribution in [1.82, 2.24) is 14.8 Å². The van der Waals surface area contributed by atoms with Gasteiger partial charge in [-0.15, -0.1) is 0 Å². The highest BCUT2D eigenvalue weighted by Crippen LogP contribution is 2.23. The van der Waals surface area contributed by atoms with Gasteiger partial charge < -0.3 is 19.9 Å². The Morgan fingerprint density at radius 2 is 2.37 bits per heavy atom. The molecule has 1 atom stereocenters. The van der Waals surface area contributed by atoms with E-state index in [1.807, 2.05) is 19.0 Å². The predicted molar refractivity (Wildman–Crippen MR) is 70.2 cm³/mol. The number of carbonyl (C=O) groups is 2. The van der Waals surface area contributed by atoms with E-state index in [2.05, 4.69) is 4.98 Å². The summed E-state index contributed by atoms with van der Waals surface area (Å²) in [5, 5.41) is 10.4. The number of hydrogen-bond donors (Lipinski definition) is 2. The van der Waals surface area contributed by atoms with E-state index in [0.717, 1.165) is 0 Å². The van der Waals surface area contributed by atoms with Crippen molar-refractivity contribution in [2.75, 3.05) is 33.7 Å². The predicted octanol–water partition coefficient (Wildman–Crippen LogP) is -0.0342. The highest BCUT2D eigenvalue weighted by atomic mass is 16.3. The molecule has 1 aromatic heterocycles. The molecule has 0 bridgehead atoms. The van der Waals surface area contributed by atoms with Crippen molar-refractivity contribution < 1.29 is 14.7 Å². The third-order valence-corrected chi connectivity index (χ3v) is 3.30. The number of hydrogen-bond acceptors (Lipinski definition) is 4. The van der Waals surface area contributed by atoms with E-state index in [9.17, 15) is 14.7 Å². The first-order chi connectivity index (χ1) is 8.93. The van der Waals surface area contributed by atoms with Crippen molar-refractivity contribution in [1.29, 1.82) is 0 Å². The van der Waals surface area contributed by atoms with Gasteiger partial charge in [0.2, 0.25) is 0 Å². The zero-order valence-corrected chi connectivity index (χ0v) is 11.2. The molecule has 0 unspecified atom stereocenters. The van der Waals surface area contributed by atoms with E-state index in [1.165, 1.54) is 12.3 Å². The fourth-order valence-corrected chi connectivity index (χ4v) is 2.52. The lowest BCUT2D eigenvalue weighted by atomic mass is 10.0. The highest BCUT2D eigenvalue weighted by Gasteiger charge is 2.38. The Hall–Kier alpha value is -1.66. The number of H-pyrrole nitrogens is 1. The Bertz CT molecular complexity index is 483. The van der Waals surface area contributed by atoms with Crippen molar-refractivity contribution >= 4 is 12.2 Å². The molecule has 1 aliphatic heterocycles. The summed E-state index contributed by atoms with van der Waals surface area (Å²) in [7, 11) is 3.79. The van der Waals surface area contributed by atoms with Crippen LogP contribution >= 0.6 is 0 Å². The number of β-amino-alcohol motifs (C(OH)–C–C–N with tert-alkyl or cyclic N) is 1. The number of rotatable bonds is 4. The average Bonchev–Trinajstić information content (AvgIpc) is 2.94. The van der Waals surface area contributed by atoms with Crippen molar-refractivity contribution in [3.63, 3.8) is 0 Å². The van der Waals surface area contributed by atoms with Crippen LogP contribution in [-0.2, 0) is 0 Å². The maximum absolute atomic E-state index is 12.2. The molecule has 2 N–H and O–H groups in total. The fourth-order valence-electron chi connectivity index (χ4n) is 2.52. The normalized spacial score (nSPS) is 23.1. The molecule has 2 heterocycles. The van der Waals surface area contributed by atoms with Crippen LogP contribution in [0.2, 0.25) is 0 Å². The first kappa shape index (κ1) is 13.8. The summed E-state index contributed by atoms with van der Waals surface area (Å²) in [6.45, 7) is 1.37. The Balaban J connectivity index is 2.04. The van der Waals surface area contributed by atoms with Crippen LogP contribution in [0.1, 0.15) is 27.3 Å². The number of aromatic amines is 1. The van der Waals surface area contributed by atoms with Gasteiger partial charge in [-0.1, -0.05) is 0 Å². The molecular weight excluding hydrogens is 246 g/mol. The smallest absolute Gasteiger partial charge is 0.270 e. The zero-order chi connectivity index (χ0) is 14.0. The molecule has 0 aliphatic carbocycles. The summed E-state index contributed by atoms with van der Waals surface area (Å²) in [5.74, 6) is -0.178. The lowest BCUT2D eigenvalue weighted by molar-refractivity contribution is 0.0235. The number of likely N-dealkylation sites (tertiary alicyclic amines) is 1. The number of nitrogens with one attached hydrogen (secondary N) is 1. The van der Waals surface area contributed by atoms with Crippen LogP contribution in [0, 0.1) is 0 Å². The molecule has 6 heteroatoms. The summed E-state index contributed by atoms with van der Waals surface area (Å²) < 4.78 is 0. The molecule has 6 nitrogen and oxygen atoms in total. The second-order valence-electron chi connectivity index (χ2n) is 5.40. The standard InChI is InChI=1S/C13H19N3O3/c1-15(2)8-13(19)3-4-16(9-13)12(18)11-5-10(7-17)6-14-11/h5-7,14,19H,3-4,8-9H2,1-2H3/t13-/m0/s1. The number of aliphatic hydroxyl groups is 1. The Morgan fingerprint density at radius 1 is 1.63 bits per heavy atom. The van der Waals surface area contributed by atoms with Crippen LogP contribution in [0.25, 0.3) is 0 Å². The minimum absolute atomic E-state index is 0.178. The number of aldehydes is 1. The minimum atomic E-state index is -0.848. The molecule has 1 saturated heterocycles.